The Bertz CT molecular complexity index is 1010. The molecule has 5 heteroatoms. The number of benzene rings is 2. The van der Waals surface area contributed by atoms with Crippen molar-refractivity contribution in [1.82, 2.24) is 4.98 Å². The van der Waals surface area contributed by atoms with Gasteiger partial charge in [0, 0.05) is 25.2 Å². The molecule has 0 amide bonds. The molecule has 2 heterocycles. The number of hydrogen-bond acceptors (Lipinski definition) is 5. The van der Waals surface area contributed by atoms with E-state index in [0.29, 0.717) is 24.5 Å². The Hall–Kier alpha value is -3.00. The fraction of sp³-hybridized carbons (Fsp3) is 0.263. The number of fused-ring (bicyclic) bond motifs is 3. The molecule has 0 spiro atoms. The molecule has 0 fully saturated rings. The van der Waals surface area contributed by atoms with Crippen molar-refractivity contribution in [2.24, 2.45) is 4.99 Å². The lowest BCUT2D eigenvalue weighted by molar-refractivity contribution is 0.310. The molecule has 0 saturated carbocycles. The lowest BCUT2D eigenvalue weighted by atomic mass is 10.1. The van der Waals surface area contributed by atoms with E-state index in [-0.39, 0.29) is 0 Å². The van der Waals surface area contributed by atoms with Crippen LogP contribution in [0.3, 0.4) is 0 Å². The molecule has 0 bridgehead atoms. The molecule has 24 heavy (non-hydrogen) atoms. The standard InChI is InChI=1S/C19H17N3O2/c1-4-5-22-6-7-23-19-10-15-18(11-16(19)22)24-17-9-13(20-3)12(2)8-14(17)21-15/h1,8-11H,5-7H2,2-3H3. The summed E-state index contributed by atoms with van der Waals surface area (Å²) in [7, 11) is 1.77. The molecule has 5 nitrogen and oxygen atoms in total. The molecule has 0 aromatic heterocycles. The summed E-state index contributed by atoms with van der Waals surface area (Å²) in [5.41, 5.74) is 4.30. The smallest absolute Gasteiger partial charge is 0.155 e. The van der Waals surface area contributed by atoms with Gasteiger partial charge in [-0.2, -0.15) is 0 Å². The van der Waals surface area contributed by atoms with Crippen LogP contribution in [0.5, 0.6) is 5.75 Å². The lowest BCUT2D eigenvalue weighted by Crippen LogP contribution is -2.32. The van der Waals surface area contributed by atoms with E-state index in [1.807, 2.05) is 31.2 Å². The van der Waals surface area contributed by atoms with Gasteiger partial charge in [-0.05, 0) is 18.6 Å². The summed E-state index contributed by atoms with van der Waals surface area (Å²) in [4.78, 5) is 11.1. The fourth-order valence-corrected chi connectivity index (χ4v) is 3.05. The third-order valence-electron chi connectivity index (χ3n) is 4.26. The molecule has 0 radical (unpaired) electrons. The van der Waals surface area contributed by atoms with Crippen molar-refractivity contribution in [1.29, 1.82) is 0 Å². The first-order chi connectivity index (χ1) is 11.7. The van der Waals surface area contributed by atoms with Crippen molar-refractivity contribution >= 4 is 16.8 Å². The summed E-state index contributed by atoms with van der Waals surface area (Å²) in [6, 6.07) is 7.79. The van der Waals surface area contributed by atoms with Crippen molar-refractivity contribution < 1.29 is 9.15 Å². The molecule has 0 unspecified atom stereocenters. The summed E-state index contributed by atoms with van der Waals surface area (Å²) in [5.74, 6) is 4.20. The Balaban J connectivity index is 1.97. The zero-order valence-electron chi connectivity index (χ0n) is 13.7. The van der Waals surface area contributed by atoms with Crippen LogP contribution in [-0.2, 0) is 0 Å². The van der Waals surface area contributed by atoms with Crippen molar-refractivity contribution in [3.8, 4) is 29.5 Å². The van der Waals surface area contributed by atoms with Crippen LogP contribution in [0.2, 0.25) is 0 Å². The van der Waals surface area contributed by atoms with Gasteiger partial charge in [-0.15, -0.1) is 6.42 Å². The second kappa shape index (κ2) is 5.57. The van der Waals surface area contributed by atoms with Crippen LogP contribution in [0.1, 0.15) is 5.56 Å². The van der Waals surface area contributed by atoms with E-state index in [1.54, 1.807) is 7.05 Å². The summed E-state index contributed by atoms with van der Waals surface area (Å²) in [6.07, 6.45) is 5.47. The van der Waals surface area contributed by atoms with E-state index in [2.05, 4.69) is 15.8 Å². The average Bonchev–Trinajstić information content (AvgIpc) is 2.58. The van der Waals surface area contributed by atoms with Gasteiger partial charge in [-0.25, -0.2) is 4.98 Å². The van der Waals surface area contributed by atoms with Gasteiger partial charge in [0.1, 0.15) is 23.6 Å². The Kier molecular flexibility index (Phi) is 3.39. The quantitative estimate of drug-likeness (QED) is 0.511. The van der Waals surface area contributed by atoms with Gasteiger partial charge >= 0.3 is 0 Å². The van der Waals surface area contributed by atoms with Crippen LogP contribution in [0.4, 0.5) is 5.69 Å². The van der Waals surface area contributed by atoms with Gasteiger partial charge in [0.2, 0.25) is 0 Å². The maximum absolute atomic E-state index is 6.08. The molecule has 0 saturated heterocycles. The van der Waals surface area contributed by atoms with Crippen molar-refractivity contribution in [3.63, 3.8) is 0 Å². The molecule has 1 aromatic carbocycles. The number of aryl methyl sites for hydroxylation is 1. The first kappa shape index (κ1) is 14.6. The number of terminal acetylenes is 1. The normalized spacial score (nSPS) is 14.5. The van der Waals surface area contributed by atoms with Crippen molar-refractivity contribution in [3.05, 3.63) is 35.2 Å². The monoisotopic (exact) mass is 319 g/mol. The van der Waals surface area contributed by atoms with Crippen LogP contribution >= 0.6 is 0 Å². The maximum atomic E-state index is 6.08. The van der Waals surface area contributed by atoms with Gasteiger partial charge < -0.3 is 14.1 Å². The largest absolute Gasteiger partial charge is 0.489 e. The minimum Gasteiger partial charge on any atom is -0.489 e. The van der Waals surface area contributed by atoms with Gasteiger partial charge in [0.15, 0.2) is 11.3 Å². The topological polar surface area (TPSA) is 50.9 Å². The molecule has 1 aliphatic carbocycles. The zero-order valence-corrected chi connectivity index (χ0v) is 13.7. The summed E-state index contributed by atoms with van der Waals surface area (Å²) < 4.78 is 11.9. The van der Waals surface area contributed by atoms with E-state index in [4.69, 9.17) is 20.6 Å². The predicted molar refractivity (Wildman–Crippen MR) is 93.4 cm³/mol. The highest BCUT2D eigenvalue weighted by Crippen LogP contribution is 2.36. The predicted octanol–water partition coefficient (Wildman–Crippen LogP) is 2.60. The molecule has 0 N–H and O–H groups in total. The Morgan fingerprint density at radius 1 is 1.33 bits per heavy atom. The van der Waals surface area contributed by atoms with E-state index in [1.165, 1.54) is 0 Å². The summed E-state index contributed by atoms with van der Waals surface area (Å²) in [5, 5.41) is 0.905. The van der Waals surface area contributed by atoms with Crippen LogP contribution in [0.15, 0.2) is 33.7 Å². The first-order valence-corrected chi connectivity index (χ1v) is 7.83. The molecule has 1 aromatic rings. The van der Waals surface area contributed by atoms with Gasteiger partial charge in [-0.3, -0.25) is 4.99 Å². The number of hydrogen-bond donors (Lipinski definition) is 0. The van der Waals surface area contributed by atoms with Crippen molar-refractivity contribution in [2.45, 2.75) is 6.92 Å². The fourth-order valence-electron chi connectivity index (χ4n) is 3.05. The van der Waals surface area contributed by atoms with Crippen molar-refractivity contribution in [2.75, 3.05) is 31.6 Å². The third-order valence-corrected chi connectivity index (χ3v) is 4.26. The number of nitrogens with zero attached hydrogens (tertiary/aromatic N) is 3. The highest BCUT2D eigenvalue weighted by Gasteiger charge is 2.20. The lowest BCUT2D eigenvalue weighted by Gasteiger charge is -2.29. The molecule has 4 rings (SSSR count). The van der Waals surface area contributed by atoms with Crippen LogP contribution in [0.25, 0.3) is 22.6 Å². The molecular weight excluding hydrogens is 302 g/mol. The second-order valence-corrected chi connectivity index (χ2v) is 5.81. The Morgan fingerprint density at radius 2 is 2.21 bits per heavy atom. The number of rotatable bonds is 1. The van der Waals surface area contributed by atoms with Crippen LogP contribution in [0, 0.1) is 19.3 Å². The Labute approximate surface area is 139 Å². The van der Waals surface area contributed by atoms with Crippen LogP contribution in [-0.4, -0.2) is 31.7 Å². The Morgan fingerprint density at radius 3 is 3.00 bits per heavy atom. The van der Waals surface area contributed by atoms with E-state index in [0.717, 1.165) is 40.1 Å². The number of aromatic nitrogens is 1. The zero-order chi connectivity index (χ0) is 16.7. The van der Waals surface area contributed by atoms with E-state index < -0.39 is 0 Å². The van der Waals surface area contributed by atoms with E-state index >= 15 is 0 Å². The average molecular weight is 319 g/mol. The minimum absolute atomic E-state index is 0.543. The first-order valence-electron chi connectivity index (χ1n) is 7.83. The van der Waals surface area contributed by atoms with Gasteiger partial charge in [-0.1, -0.05) is 5.92 Å². The van der Waals surface area contributed by atoms with E-state index in [9.17, 15) is 0 Å². The molecule has 2 aliphatic heterocycles. The van der Waals surface area contributed by atoms with Crippen LogP contribution < -0.4 is 15.0 Å². The molecule has 0 atom stereocenters. The van der Waals surface area contributed by atoms with Gasteiger partial charge in [0.05, 0.1) is 24.1 Å². The van der Waals surface area contributed by atoms with Gasteiger partial charge in [0.25, 0.3) is 0 Å². The molecule has 3 aliphatic rings. The number of ether oxygens (including phenoxy) is 1. The second-order valence-electron chi connectivity index (χ2n) is 5.81. The third kappa shape index (κ3) is 2.28. The summed E-state index contributed by atoms with van der Waals surface area (Å²) in [6.45, 7) is 3.94. The number of anilines is 1. The molecule has 120 valence electrons. The maximum Gasteiger partial charge on any atom is 0.155 e. The molecular formula is C19H17N3O2. The summed E-state index contributed by atoms with van der Waals surface area (Å²) >= 11 is 0. The minimum atomic E-state index is 0.543. The highest BCUT2D eigenvalue weighted by molar-refractivity contribution is 5.84. The SMILES string of the molecule is C#CCN1CCOc2cc3nc4cc(C)c(=NC)cc-4oc3cc21. The highest BCUT2D eigenvalue weighted by atomic mass is 16.5.